The molecule has 0 radical (unpaired) electrons. The molecule has 1 N–H and O–H groups in total. The van der Waals surface area contributed by atoms with Crippen LogP contribution in [-0.4, -0.2) is 29.9 Å². The summed E-state index contributed by atoms with van der Waals surface area (Å²) in [6.45, 7) is 4.26. The number of pyridine rings is 1. The van der Waals surface area contributed by atoms with Gasteiger partial charge in [0.05, 0.1) is 13.7 Å². The minimum Gasteiger partial charge on any atom is -0.493 e. The van der Waals surface area contributed by atoms with Crippen LogP contribution in [0.25, 0.3) is 0 Å². The zero-order valence-corrected chi connectivity index (χ0v) is 16.4. The Morgan fingerprint density at radius 2 is 2.11 bits per heavy atom. The zero-order chi connectivity index (χ0) is 20.1. The van der Waals surface area contributed by atoms with Crippen molar-refractivity contribution in [1.29, 1.82) is 0 Å². The molecule has 0 bridgehead atoms. The summed E-state index contributed by atoms with van der Waals surface area (Å²) >= 11 is 0. The van der Waals surface area contributed by atoms with E-state index in [0.29, 0.717) is 29.6 Å². The second kappa shape index (κ2) is 8.73. The number of ether oxygens (including phenoxy) is 2. The van der Waals surface area contributed by atoms with Crippen LogP contribution >= 0.6 is 0 Å². The number of carbonyl (C=O) groups is 2. The SMILES string of the molecule is CCC(C)NC(=O)CCC(=O)N1Cc2cccc(OC)c2Oc2ncccc21. The van der Waals surface area contributed by atoms with E-state index in [1.807, 2.05) is 26.0 Å². The monoisotopic (exact) mass is 383 g/mol. The van der Waals surface area contributed by atoms with Crippen LogP contribution in [0.15, 0.2) is 36.5 Å². The predicted octanol–water partition coefficient (Wildman–Crippen LogP) is 3.42. The smallest absolute Gasteiger partial charge is 0.243 e. The number of nitrogens with one attached hydrogen (secondary N) is 1. The fourth-order valence-electron chi connectivity index (χ4n) is 3.01. The van der Waals surface area contributed by atoms with Crippen molar-refractivity contribution in [2.45, 2.75) is 45.7 Å². The number of benzene rings is 1. The minimum atomic E-state index is -0.159. The highest BCUT2D eigenvalue weighted by Gasteiger charge is 2.28. The molecule has 1 aromatic heterocycles. The van der Waals surface area contributed by atoms with Gasteiger partial charge in [-0.2, -0.15) is 0 Å². The maximum Gasteiger partial charge on any atom is 0.243 e. The molecule has 148 valence electrons. The molecule has 1 aliphatic heterocycles. The van der Waals surface area contributed by atoms with Gasteiger partial charge in [-0.3, -0.25) is 9.59 Å². The lowest BCUT2D eigenvalue weighted by Gasteiger charge is -2.21. The molecule has 3 rings (SSSR count). The Labute approximate surface area is 164 Å². The largest absolute Gasteiger partial charge is 0.493 e. The minimum absolute atomic E-state index is 0.0958. The number of anilines is 1. The lowest BCUT2D eigenvalue weighted by Crippen LogP contribution is -2.34. The second-order valence-electron chi connectivity index (χ2n) is 6.73. The van der Waals surface area contributed by atoms with E-state index < -0.39 is 0 Å². The number of rotatable bonds is 6. The van der Waals surface area contributed by atoms with Gasteiger partial charge in [-0.05, 0) is 31.5 Å². The average Bonchev–Trinajstić information content (AvgIpc) is 2.88. The Hall–Kier alpha value is -3.09. The highest BCUT2D eigenvalue weighted by Crippen LogP contribution is 2.42. The Bertz CT molecular complexity index is 868. The van der Waals surface area contributed by atoms with Crippen molar-refractivity contribution >= 4 is 17.5 Å². The van der Waals surface area contributed by atoms with Gasteiger partial charge in [-0.1, -0.05) is 19.1 Å². The third-order valence-electron chi connectivity index (χ3n) is 4.74. The maximum atomic E-state index is 13.0. The van der Waals surface area contributed by atoms with Gasteiger partial charge in [0.25, 0.3) is 0 Å². The summed E-state index contributed by atoms with van der Waals surface area (Å²) in [4.78, 5) is 30.9. The van der Waals surface area contributed by atoms with Gasteiger partial charge in [-0.25, -0.2) is 4.98 Å². The molecule has 7 heteroatoms. The van der Waals surface area contributed by atoms with Crippen molar-refractivity contribution in [2.24, 2.45) is 0 Å². The van der Waals surface area contributed by atoms with Gasteiger partial charge in [-0.15, -0.1) is 0 Å². The van der Waals surface area contributed by atoms with Crippen molar-refractivity contribution in [2.75, 3.05) is 12.0 Å². The number of fused-ring (bicyclic) bond motifs is 2. The van der Waals surface area contributed by atoms with Crippen LogP contribution in [0.5, 0.6) is 17.4 Å². The molecule has 2 heterocycles. The van der Waals surface area contributed by atoms with Crippen LogP contribution < -0.4 is 19.7 Å². The highest BCUT2D eigenvalue weighted by molar-refractivity contribution is 5.96. The molecule has 0 saturated heterocycles. The predicted molar refractivity (Wildman–Crippen MR) is 106 cm³/mol. The van der Waals surface area contributed by atoms with Crippen LogP contribution in [0.4, 0.5) is 5.69 Å². The first-order chi connectivity index (χ1) is 13.5. The first kappa shape index (κ1) is 19.7. The standard InChI is InChI=1S/C21H25N3O4/c1-4-14(2)23-18(25)10-11-19(26)24-13-15-7-5-9-17(27-3)20(15)28-21-16(24)8-6-12-22-21/h5-9,12,14H,4,10-11,13H2,1-3H3,(H,23,25). The van der Waals surface area contributed by atoms with Crippen LogP contribution in [0.3, 0.4) is 0 Å². The van der Waals surface area contributed by atoms with Gasteiger partial charge < -0.3 is 19.7 Å². The molecule has 0 aliphatic carbocycles. The van der Waals surface area contributed by atoms with Gasteiger partial charge in [0.15, 0.2) is 11.5 Å². The Morgan fingerprint density at radius 1 is 1.29 bits per heavy atom. The molecule has 0 fully saturated rings. The van der Waals surface area contributed by atoms with Gasteiger partial charge in [0, 0.05) is 30.6 Å². The molecule has 2 aromatic rings. The molecule has 1 unspecified atom stereocenters. The number of aromatic nitrogens is 1. The summed E-state index contributed by atoms with van der Waals surface area (Å²) in [5.41, 5.74) is 1.39. The van der Waals surface area contributed by atoms with E-state index >= 15 is 0 Å². The molecule has 1 aromatic carbocycles. The van der Waals surface area contributed by atoms with Gasteiger partial charge >= 0.3 is 0 Å². The third kappa shape index (κ3) is 4.24. The Morgan fingerprint density at radius 3 is 2.86 bits per heavy atom. The molecule has 1 aliphatic rings. The summed E-state index contributed by atoms with van der Waals surface area (Å²) in [6, 6.07) is 9.19. The number of amides is 2. The van der Waals surface area contributed by atoms with E-state index in [1.165, 1.54) is 0 Å². The number of hydrogen-bond donors (Lipinski definition) is 1. The van der Waals surface area contributed by atoms with Crippen molar-refractivity contribution < 1.29 is 19.1 Å². The van der Waals surface area contributed by atoms with Crippen molar-refractivity contribution in [1.82, 2.24) is 10.3 Å². The summed E-state index contributed by atoms with van der Waals surface area (Å²) < 4.78 is 11.4. The van der Waals surface area contributed by atoms with Crippen molar-refractivity contribution in [3.8, 4) is 17.4 Å². The lowest BCUT2D eigenvalue weighted by atomic mass is 10.1. The number of methoxy groups -OCH3 is 1. The molecule has 0 saturated carbocycles. The molecule has 2 amide bonds. The summed E-state index contributed by atoms with van der Waals surface area (Å²) in [7, 11) is 1.57. The number of carbonyl (C=O) groups excluding carboxylic acids is 2. The first-order valence-electron chi connectivity index (χ1n) is 9.42. The quantitative estimate of drug-likeness (QED) is 0.827. The molecule has 1 atom stereocenters. The van der Waals surface area contributed by atoms with Crippen LogP contribution in [-0.2, 0) is 16.1 Å². The topological polar surface area (TPSA) is 80.8 Å². The number of hydrogen-bond acceptors (Lipinski definition) is 5. The molecule has 0 spiro atoms. The zero-order valence-electron chi connectivity index (χ0n) is 16.4. The van der Waals surface area contributed by atoms with E-state index in [2.05, 4.69) is 10.3 Å². The van der Waals surface area contributed by atoms with E-state index in [1.54, 1.807) is 36.4 Å². The summed E-state index contributed by atoms with van der Waals surface area (Å²) in [6.07, 6.45) is 2.71. The van der Waals surface area contributed by atoms with Crippen LogP contribution in [0.2, 0.25) is 0 Å². The normalized spacial score (nSPS) is 13.5. The van der Waals surface area contributed by atoms with Gasteiger partial charge in [0.2, 0.25) is 17.7 Å². The summed E-state index contributed by atoms with van der Waals surface area (Å²) in [5, 5.41) is 2.89. The molecule has 7 nitrogen and oxygen atoms in total. The molecular formula is C21H25N3O4. The molecular weight excluding hydrogens is 358 g/mol. The van der Waals surface area contributed by atoms with Crippen molar-refractivity contribution in [3.63, 3.8) is 0 Å². The number of nitrogens with zero attached hydrogens (tertiary/aromatic N) is 2. The van der Waals surface area contributed by atoms with Crippen LogP contribution in [0.1, 0.15) is 38.7 Å². The first-order valence-corrected chi connectivity index (χ1v) is 9.42. The summed E-state index contributed by atoms with van der Waals surface area (Å²) in [5.74, 6) is 1.18. The van der Waals surface area contributed by atoms with E-state index in [-0.39, 0.29) is 30.7 Å². The maximum absolute atomic E-state index is 13.0. The fraction of sp³-hybridized carbons (Fsp3) is 0.381. The van der Waals surface area contributed by atoms with E-state index in [4.69, 9.17) is 9.47 Å². The highest BCUT2D eigenvalue weighted by atomic mass is 16.5. The third-order valence-corrected chi connectivity index (χ3v) is 4.74. The van der Waals surface area contributed by atoms with E-state index in [9.17, 15) is 9.59 Å². The second-order valence-corrected chi connectivity index (χ2v) is 6.73. The Balaban J connectivity index is 1.83. The number of para-hydroxylation sites is 1. The van der Waals surface area contributed by atoms with Gasteiger partial charge in [0.1, 0.15) is 5.69 Å². The Kier molecular flexibility index (Phi) is 6.13. The van der Waals surface area contributed by atoms with Crippen LogP contribution in [0, 0.1) is 0 Å². The lowest BCUT2D eigenvalue weighted by molar-refractivity contribution is -0.125. The average molecular weight is 383 g/mol. The molecule has 28 heavy (non-hydrogen) atoms. The fourth-order valence-corrected chi connectivity index (χ4v) is 3.01. The van der Waals surface area contributed by atoms with E-state index in [0.717, 1.165) is 12.0 Å². The van der Waals surface area contributed by atoms with Crippen molar-refractivity contribution in [3.05, 3.63) is 42.1 Å².